The molecule has 1 N–H and O–H groups in total. The minimum absolute atomic E-state index is 0.557. The van der Waals surface area contributed by atoms with Crippen LogP contribution >= 0.6 is 0 Å². The first-order valence-corrected chi connectivity index (χ1v) is 6.39. The molecule has 2 aromatic rings. The number of aromatic nitrogens is 3. The summed E-state index contributed by atoms with van der Waals surface area (Å²) in [5.41, 5.74) is 5.76. The smallest absolute Gasteiger partial charge is 0.189 e. The van der Waals surface area contributed by atoms with E-state index in [1.54, 1.807) is 6.20 Å². The molecule has 2 aliphatic rings. The lowest BCUT2D eigenvalue weighted by molar-refractivity contribution is 0.899. The van der Waals surface area contributed by atoms with Crippen molar-refractivity contribution < 1.29 is 1.41 Å². The lowest BCUT2D eigenvalue weighted by Crippen LogP contribution is -1.92. The highest BCUT2D eigenvalue weighted by molar-refractivity contribution is 5.63. The molecule has 0 atom stereocenters. The first kappa shape index (κ1) is 8.45. The highest BCUT2D eigenvalue weighted by Gasteiger charge is 2.29. The zero-order chi connectivity index (χ0) is 12.1. The zero-order valence-corrected chi connectivity index (χ0v) is 9.69. The maximum Gasteiger partial charge on any atom is 0.189 e. The third-order valence-corrected chi connectivity index (χ3v) is 3.80. The topological polar surface area (TPSA) is 41.6 Å². The Bertz CT molecular complexity index is 613. The van der Waals surface area contributed by atoms with Gasteiger partial charge in [-0.15, -0.1) is 0 Å². The summed E-state index contributed by atoms with van der Waals surface area (Å²) in [4.78, 5) is 4.77. The van der Waals surface area contributed by atoms with Crippen LogP contribution in [0.15, 0.2) is 18.3 Å². The van der Waals surface area contributed by atoms with Crippen LogP contribution in [0.25, 0.3) is 11.3 Å². The van der Waals surface area contributed by atoms with E-state index in [0.717, 1.165) is 29.8 Å². The van der Waals surface area contributed by atoms with Crippen molar-refractivity contribution in [1.82, 2.24) is 15.2 Å². The summed E-state index contributed by atoms with van der Waals surface area (Å²) in [6.45, 7) is 0. The molecule has 0 aromatic carbocycles. The maximum atomic E-state index is 7.66. The number of aromatic amines is 1. The average Bonchev–Trinajstić information content (AvgIpc) is 2.98. The van der Waals surface area contributed by atoms with E-state index >= 15 is 0 Å². The fourth-order valence-corrected chi connectivity index (χ4v) is 2.70. The van der Waals surface area contributed by atoms with Crippen molar-refractivity contribution in [3.63, 3.8) is 0 Å². The third-order valence-electron chi connectivity index (χ3n) is 3.80. The van der Waals surface area contributed by atoms with Crippen LogP contribution in [0.1, 0.15) is 42.1 Å². The van der Waals surface area contributed by atoms with Gasteiger partial charge in [-0.3, -0.25) is 10.1 Å². The molecule has 0 amide bonds. The van der Waals surface area contributed by atoms with Crippen LogP contribution in [0.3, 0.4) is 0 Å². The van der Waals surface area contributed by atoms with Gasteiger partial charge in [0.25, 0.3) is 0 Å². The van der Waals surface area contributed by atoms with Crippen molar-refractivity contribution in [3.05, 3.63) is 35.3 Å². The molecule has 2 aliphatic carbocycles. The Morgan fingerprint density at radius 3 is 3.12 bits per heavy atom. The Balaban J connectivity index is 1.82. The first-order valence-electron chi connectivity index (χ1n) is 6.84. The Morgan fingerprint density at radius 2 is 2.24 bits per heavy atom. The molecule has 3 heteroatoms. The van der Waals surface area contributed by atoms with Gasteiger partial charge in [-0.2, -0.15) is 5.10 Å². The second-order valence-corrected chi connectivity index (χ2v) is 5.07. The summed E-state index contributed by atoms with van der Waals surface area (Å²) >= 11 is 0. The molecule has 3 nitrogen and oxygen atoms in total. The van der Waals surface area contributed by atoms with Gasteiger partial charge in [-0.1, -0.05) is 6.07 Å². The van der Waals surface area contributed by atoms with Crippen molar-refractivity contribution in [2.24, 2.45) is 0 Å². The van der Waals surface area contributed by atoms with Crippen LogP contribution in [-0.4, -0.2) is 15.2 Å². The quantitative estimate of drug-likeness (QED) is 0.855. The van der Waals surface area contributed by atoms with Gasteiger partial charge in [-0.25, -0.2) is 0 Å². The number of hydrogen-bond donors (Lipinski definition) is 1. The van der Waals surface area contributed by atoms with Gasteiger partial charge in [0.2, 0.25) is 0 Å². The van der Waals surface area contributed by atoms with E-state index in [2.05, 4.69) is 17.2 Å². The van der Waals surface area contributed by atoms with Crippen molar-refractivity contribution in [2.45, 2.75) is 38.0 Å². The van der Waals surface area contributed by atoms with Gasteiger partial charge in [0, 0.05) is 23.4 Å². The number of aryl methyl sites for hydroxylation is 2. The van der Waals surface area contributed by atoms with Crippen molar-refractivity contribution >= 4 is 0 Å². The number of H-pyrrole nitrogens is 1. The second-order valence-electron chi connectivity index (χ2n) is 5.07. The van der Waals surface area contributed by atoms with E-state index in [1.807, 2.05) is 0 Å². The molecule has 4 rings (SSSR count). The summed E-state index contributed by atoms with van der Waals surface area (Å²) in [7, 11) is 0. The molecular weight excluding hydrogens is 210 g/mol. The molecule has 0 unspecified atom stereocenters. The third kappa shape index (κ3) is 1.49. The van der Waals surface area contributed by atoms with Crippen molar-refractivity contribution in [3.8, 4) is 11.3 Å². The van der Waals surface area contributed by atoms with Crippen molar-refractivity contribution in [1.29, 1.82) is 0 Å². The minimum Gasteiger partial charge on any atom is -0.285 e. The number of nitrogens with zero attached hydrogens (tertiary/aromatic N) is 2. The molecule has 17 heavy (non-hydrogen) atoms. The average molecular weight is 226 g/mol. The number of fused-ring (bicyclic) bond motifs is 1. The highest BCUT2D eigenvalue weighted by atomic mass is 15.1. The molecular formula is C14H15N3. The van der Waals surface area contributed by atoms with Gasteiger partial charge < -0.3 is 0 Å². The summed E-state index contributed by atoms with van der Waals surface area (Å²) < 4.78 is 7.66. The normalized spacial score (nSPS) is 19.2. The first-order chi connectivity index (χ1) is 8.81. The van der Waals surface area contributed by atoms with Gasteiger partial charge >= 0.3 is 0 Å². The second kappa shape index (κ2) is 3.42. The highest BCUT2D eigenvalue weighted by Crippen LogP contribution is 2.43. The number of nitrogens with one attached hydrogen (secondary N) is 1. The summed E-state index contributed by atoms with van der Waals surface area (Å²) in [5.74, 6) is 0.557. The van der Waals surface area contributed by atoms with E-state index in [9.17, 15) is 0 Å². The molecule has 0 aliphatic heterocycles. The molecule has 2 aromatic heterocycles. The summed E-state index contributed by atoms with van der Waals surface area (Å²) in [5, 5.41) is 5.46. The number of rotatable bonds is 2. The Kier molecular flexibility index (Phi) is 1.70. The van der Waals surface area contributed by atoms with E-state index in [1.165, 1.54) is 35.6 Å². The number of pyridine rings is 1. The molecule has 86 valence electrons. The van der Waals surface area contributed by atoms with Crippen molar-refractivity contribution in [2.75, 3.05) is 0 Å². The van der Waals surface area contributed by atoms with Crippen LogP contribution in [0, 0.1) is 0 Å². The summed E-state index contributed by atoms with van der Waals surface area (Å²) in [6.07, 6.45) is 7.67. The standard InChI is InChI=1S/C14H15N3/c1-2-9-6-7-13(16-12(9)3-1)11-8-15-17-14(11)10-4-5-10/h6-8,10H,1-5H2,(H,15,17)/i/hD. The van der Waals surface area contributed by atoms with E-state index in [4.69, 9.17) is 6.40 Å². The number of hydrogen-bond acceptors (Lipinski definition) is 2. The van der Waals surface area contributed by atoms with E-state index < -0.39 is 0 Å². The predicted molar refractivity (Wildman–Crippen MR) is 65.8 cm³/mol. The van der Waals surface area contributed by atoms with Gasteiger partial charge in [-0.05, 0) is 43.7 Å². The predicted octanol–water partition coefficient (Wildman–Crippen LogP) is 2.84. The molecule has 1 saturated carbocycles. The Hall–Kier alpha value is -1.64. The van der Waals surface area contributed by atoms with E-state index in [0.29, 0.717) is 5.92 Å². The van der Waals surface area contributed by atoms with Crippen LogP contribution in [0.5, 0.6) is 0 Å². The lowest BCUT2D eigenvalue weighted by atomic mass is 10.1. The Labute approximate surface area is 102 Å². The minimum atomic E-state index is 0.557. The van der Waals surface area contributed by atoms with Crippen LogP contribution in [0.2, 0.25) is 1.41 Å². The zero-order valence-electron chi connectivity index (χ0n) is 10.7. The molecule has 2 heterocycles. The van der Waals surface area contributed by atoms with Gasteiger partial charge in [0.15, 0.2) is 1.41 Å². The monoisotopic (exact) mass is 226 g/mol. The SMILES string of the molecule is [2H]n1cc(-c2ccc3c(n2)CCC3)c(C2CC2)n1. The largest absolute Gasteiger partial charge is 0.285 e. The molecule has 0 spiro atoms. The molecule has 0 saturated heterocycles. The fourth-order valence-electron chi connectivity index (χ4n) is 2.70. The Morgan fingerprint density at radius 1 is 1.29 bits per heavy atom. The lowest BCUT2D eigenvalue weighted by Gasteiger charge is -2.03. The van der Waals surface area contributed by atoms with Gasteiger partial charge in [0.1, 0.15) is 0 Å². The molecule has 0 bridgehead atoms. The van der Waals surface area contributed by atoms with Crippen LogP contribution < -0.4 is 0 Å². The summed E-state index contributed by atoms with van der Waals surface area (Å²) in [6, 6.07) is 4.29. The van der Waals surface area contributed by atoms with Crippen LogP contribution in [-0.2, 0) is 12.8 Å². The van der Waals surface area contributed by atoms with Crippen LogP contribution in [0.4, 0.5) is 0 Å². The molecule has 0 radical (unpaired) electrons. The van der Waals surface area contributed by atoms with E-state index in [-0.39, 0.29) is 0 Å². The fraction of sp³-hybridized carbons (Fsp3) is 0.429. The maximum absolute atomic E-state index is 7.66. The molecule has 1 fully saturated rings. The van der Waals surface area contributed by atoms with Gasteiger partial charge in [0.05, 0.1) is 11.4 Å².